The maximum Gasteiger partial charge on any atom is 0.120 e. The number of carbonyl (C=O) groups excluding carboxylic acids is 1. The number of benzene rings is 1. The lowest BCUT2D eigenvalue weighted by molar-refractivity contribution is -0.107. The molecule has 0 aliphatic rings. The number of aliphatic hydroxyl groups excluding tert-OH is 1. The van der Waals surface area contributed by atoms with Crippen LogP contribution in [0.5, 0.6) is 0 Å². The molecular formula is C13H20O2. The number of aryl methyl sites for hydroxylation is 1. The van der Waals surface area contributed by atoms with Gasteiger partial charge in [0.2, 0.25) is 0 Å². The van der Waals surface area contributed by atoms with E-state index in [4.69, 9.17) is 0 Å². The average Bonchev–Trinajstić information content (AvgIpc) is 2.19. The lowest BCUT2D eigenvalue weighted by Gasteiger charge is -2.05. The maximum absolute atomic E-state index is 10.1. The van der Waals surface area contributed by atoms with E-state index in [1.54, 1.807) is 6.92 Å². The van der Waals surface area contributed by atoms with Crippen LogP contribution in [0.2, 0.25) is 0 Å². The van der Waals surface area contributed by atoms with Crippen LogP contribution in [0.25, 0.3) is 0 Å². The van der Waals surface area contributed by atoms with Gasteiger partial charge in [0.25, 0.3) is 0 Å². The van der Waals surface area contributed by atoms with E-state index in [0.717, 1.165) is 24.7 Å². The third kappa shape index (κ3) is 4.75. The standard InChI is InChI=1S/C12H16O2.CH4/c1-10(14)12-7-5-11(6-8-12)4-2-3-9-13;/h5-10,14H,2-4H2,1H3;1H4. The first kappa shape index (κ1) is 13.8. The number of aldehydes is 1. The Morgan fingerprint density at radius 3 is 2.40 bits per heavy atom. The third-order valence-corrected chi connectivity index (χ3v) is 2.25. The number of rotatable bonds is 5. The molecule has 0 aromatic heterocycles. The van der Waals surface area contributed by atoms with E-state index in [0.29, 0.717) is 6.42 Å². The predicted octanol–water partition coefficient (Wildman–Crippen LogP) is 2.90. The fraction of sp³-hybridized carbons (Fsp3) is 0.462. The molecule has 0 radical (unpaired) electrons. The average molecular weight is 208 g/mol. The Labute approximate surface area is 91.9 Å². The van der Waals surface area contributed by atoms with Crippen molar-refractivity contribution in [2.45, 2.75) is 39.7 Å². The lowest BCUT2D eigenvalue weighted by atomic mass is 10.0. The topological polar surface area (TPSA) is 37.3 Å². The van der Waals surface area contributed by atoms with Crippen molar-refractivity contribution in [2.75, 3.05) is 0 Å². The minimum absolute atomic E-state index is 0. The number of carbonyl (C=O) groups is 1. The van der Waals surface area contributed by atoms with E-state index < -0.39 is 6.10 Å². The molecule has 2 nitrogen and oxygen atoms in total. The third-order valence-electron chi connectivity index (χ3n) is 2.25. The molecule has 1 aromatic carbocycles. The zero-order chi connectivity index (χ0) is 10.4. The zero-order valence-electron chi connectivity index (χ0n) is 8.44. The SMILES string of the molecule is C.CC(O)c1ccc(CCCC=O)cc1. The molecular weight excluding hydrogens is 188 g/mol. The van der Waals surface area contributed by atoms with Crippen LogP contribution < -0.4 is 0 Å². The minimum atomic E-state index is -0.404. The fourth-order valence-corrected chi connectivity index (χ4v) is 1.35. The highest BCUT2D eigenvalue weighted by Gasteiger charge is 1.99. The van der Waals surface area contributed by atoms with E-state index in [-0.39, 0.29) is 7.43 Å². The van der Waals surface area contributed by atoms with Gasteiger partial charge in [0, 0.05) is 6.42 Å². The molecule has 2 heteroatoms. The largest absolute Gasteiger partial charge is 0.389 e. The van der Waals surface area contributed by atoms with Gasteiger partial charge in [-0.2, -0.15) is 0 Å². The van der Waals surface area contributed by atoms with Crippen molar-refractivity contribution in [3.05, 3.63) is 35.4 Å². The zero-order valence-corrected chi connectivity index (χ0v) is 8.44. The summed E-state index contributed by atoms with van der Waals surface area (Å²) in [5.41, 5.74) is 2.15. The van der Waals surface area contributed by atoms with Crippen molar-refractivity contribution < 1.29 is 9.90 Å². The highest BCUT2D eigenvalue weighted by Crippen LogP contribution is 2.13. The van der Waals surface area contributed by atoms with Crippen molar-refractivity contribution in [1.82, 2.24) is 0 Å². The summed E-state index contributed by atoms with van der Waals surface area (Å²) in [6.07, 6.45) is 3.00. The van der Waals surface area contributed by atoms with Crippen molar-refractivity contribution in [2.24, 2.45) is 0 Å². The Morgan fingerprint density at radius 2 is 1.93 bits per heavy atom. The van der Waals surface area contributed by atoms with Crippen molar-refractivity contribution in [1.29, 1.82) is 0 Å². The molecule has 0 spiro atoms. The molecule has 0 aliphatic heterocycles. The Morgan fingerprint density at radius 1 is 1.33 bits per heavy atom. The summed E-state index contributed by atoms with van der Waals surface area (Å²) in [5, 5.41) is 9.28. The second kappa shape index (κ2) is 7.18. The van der Waals surface area contributed by atoms with E-state index >= 15 is 0 Å². The van der Waals surface area contributed by atoms with Gasteiger partial charge in [0.15, 0.2) is 0 Å². The van der Waals surface area contributed by atoms with Crippen LogP contribution >= 0.6 is 0 Å². The Balaban J connectivity index is 0.00000196. The molecule has 0 heterocycles. The van der Waals surface area contributed by atoms with Crippen LogP contribution in [0.3, 0.4) is 0 Å². The Hall–Kier alpha value is -1.15. The van der Waals surface area contributed by atoms with Crippen LogP contribution in [0.1, 0.15) is 44.4 Å². The highest BCUT2D eigenvalue weighted by molar-refractivity contribution is 5.49. The molecule has 1 unspecified atom stereocenters. The summed E-state index contributed by atoms with van der Waals surface area (Å²) in [6.45, 7) is 1.75. The quantitative estimate of drug-likeness (QED) is 0.596. The van der Waals surface area contributed by atoms with Crippen LogP contribution in [0.15, 0.2) is 24.3 Å². The van der Waals surface area contributed by atoms with Gasteiger partial charge < -0.3 is 9.90 Å². The lowest BCUT2D eigenvalue weighted by Crippen LogP contribution is -1.92. The molecule has 0 amide bonds. The summed E-state index contributed by atoms with van der Waals surface area (Å²) in [4.78, 5) is 10.1. The highest BCUT2D eigenvalue weighted by atomic mass is 16.3. The summed E-state index contributed by atoms with van der Waals surface area (Å²) >= 11 is 0. The minimum Gasteiger partial charge on any atom is -0.389 e. The van der Waals surface area contributed by atoms with E-state index in [9.17, 15) is 9.90 Å². The molecule has 15 heavy (non-hydrogen) atoms. The van der Waals surface area contributed by atoms with E-state index in [2.05, 4.69) is 0 Å². The molecule has 1 aromatic rings. The number of unbranched alkanes of at least 4 members (excludes halogenated alkanes) is 1. The van der Waals surface area contributed by atoms with Crippen LogP contribution in [-0.2, 0) is 11.2 Å². The predicted molar refractivity (Wildman–Crippen MR) is 62.8 cm³/mol. The molecule has 0 saturated carbocycles. The second-order valence-corrected chi connectivity index (χ2v) is 3.48. The monoisotopic (exact) mass is 208 g/mol. The van der Waals surface area contributed by atoms with Gasteiger partial charge in [-0.25, -0.2) is 0 Å². The number of hydrogen-bond acceptors (Lipinski definition) is 2. The van der Waals surface area contributed by atoms with Crippen molar-refractivity contribution >= 4 is 6.29 Å². The van der Waals surface area contributed by atoms with Gasteiger partial charge >= 0.3 is 0 Å². The number of aliphatic hydroxyl groups is 1. The molecule has 1 N–H and O–H groups in total. The van der Waals surface area contributed by atoms with Crippen LogP contribution in [0.4, 0.5) is 0 Å². The maximum atomic E-state index is 10.1. The van der Waals surface area contributed by atoms with E-state index in [1.165, 1.54) is 5.56 Å². The Kier molecular flexibility index (Phi) is 6.63. The fourth-order valence-electron chi connectivity index (χ4n) is 1.35. The molecule has 0 fully saturated rings. The van der Waals surface area contributed by atoms with Gasteiger partial charge in [0.05, 0.1) is 6.10 Å². The summed E-state index contributed by atoms with van der Waals surface area (Å²) in [6, 6.07) is 7.88. The molecule has 1 atom stereocenters. The molecule has 0 saturated heterocycles. The summed E-state index contributed by atoms with van der Waals surface area (Å²) in [7, 11) is 0. The number of hydrogen-bond donors (Lipinski definition) is 1. The first-order valence-corrected chi connectivity index (χ1v) is 4.94. The first-order chi connectivity index (χ1) is 6.74. The van der Waals surface area contributed by atoms with Crippen LogP contribution in [-0.4, -0.2) is 11.4 Å². The van der Waals surface area contributed by atoms with Gasteiger partial charge in [-0.05, 0) is 30.9 Å². The first-order valence-electron chi connectivity index (χ1n) is 4.94. The Bertz CT molecular complexity index is 275. The van der Waals surface area contributed by atoms with Gasteiger partial charge in [-0.3, -0.25) is 0 Å². The van der Waals surface area contributed by atoms with E-state index in [1.807, 2.05) is 24.3 Å². The van der Waals surface area contributed by atoms with Gasteiger partial charge in [-0.1, -0.05) is 31.7 Å². The van der Waals surface area contributed by atoms with Gasteiger partial charge in [-0.15, -0.1) is 0 Å². The summed E-state index contributed by atoms with van der Waals surface area (Å²) < 4.78 is 0. The molecule has 0 bridgehead atoms. The molecule has 0 aliphatic carbocycles. The van der Waals surface area contributed by atoms with Crippen molar-refractivity contribution in [3.8, 4) is 0 Å². The summed E-state index contributed by atoms with van der Waals surface area (Å²) in [5.74, 6) is 0. The smallest absolute Gasteiger partial charge is 0.120 e. The second-order valence-electron chi connectivity index (χ2n) is 3.48. The normalized spacial score (nSPS) is 11.6. The van der Waals surface area contributed by atoms with Crippen molar-refractivity contribution in [3.63, 3.8) is 0 Å². The molecule has 1 rings (SSSR count). The van der Waals surface area contributed by atoms with Gasteiger partial charge in [0.1, 0.15) is 6.29 Å². The molecule has 84 valence electrons. The van der Waals surface area contributed by atoms with Crippen LogP contribution in [0, 0.1) is 0 Å².